The van der Waals surface area contributed by atoms with E-state index in [2.05, 4.69) is 16.5 Å². The number of imidazole rings is 1. The monoisotopic (exact) mass is 449 g/mol. The second kappa shape index (κ2) is 10.1. The number of amides is 1. The van der Waals surface area contributed by atoms with Crippen LogP contribution in [-0.4, -0.2) is 84.3 Å². The zero-order valence-electron chi connectivity index (χ0n) is 19.2. The number of sulfonamides is 1. The van der Waals surface area contributed by atoms with Gasteiger partial charge in [0.1, 0.15) is 5.82 Å². The van der Waals surface area contributed by atoms with Crippen LogP contribution in [0.25, 0.3) is 11.0 Å². The fraction of sp³-hybridized carbons (Fsp3) is 0.636. The molecule has 172 valence electrons. The largest absolute Gasteiger partial charge is 0.341 e. The van der Waals surface area contributed by atoms with Crippen LogP contribution in [0, 0.1) is 0 Å². The van der Waals surface area contributed by atoms with Gasteiger partial charge in [-0.3, -0.25) is 4.79 Å². The van der Waals surface area contributed by atoms with Gasteiger partial charge in [-0.2, -0.15) is 4.31 Å². The topological polar surface area (TPSA) is 78.8 Å². The summed E-state index contributed by atoms with van der Waals surface area (Å²) in [4.78, 5) is 22.0. The van der Waals surface area contributed by atoms with E-state index < -0.39 is 10.0 Å². The summed E-state index contributed by atoms with van der Waals surface area (Å²) in [5, 5.41) is 0. The fourth-order valence-electron chi connectivity index (χ4n) is 4.25. The van der Waals surface area contributed by atoms with Crippen LogP contribution in [-0.2, 0) is 27.8 Å². The molecule has 0 N–H and O–H groups in total. The molecule has 3 rings (SSSR count). The number of aryl methyl sites for hydroxylation is 2. The highest BCUT2D eigenvalue weighted by atomic mass is 32.2. The van der Waals surface area contributed by atoms with Crippen molar-refractivity contribution in [3.8, 4) is 0 Å². The molecular formula is C22H35N5O3S. The first-order chi connectivity index (χ1) is 14.8. The van der Waals surface area contributed by atoms with Crippen LogP contribution < -0.4 is 0 Å². The minimum absolute atomic E-state index is 0.162. The first-order valence-electron chi connectivity index (χ1n) is 11.3. The molecule has 1 saturated heterocycles. The average Bonchev–Trinajstić information content (AvgIpc) is 2.96. The van der Waals surface area contributed by atoms with Crippen molar-refractivity contribution in [3.63, 3.8) is 0 Å². The zero-order valence-corrected chi connectivity index (χ0v) is 20.0. The summed E-state index contributed by atoms with van der Waals surface area (Å²) in [6.45, 7) is 10.8. The molecule has 1 aliphatic heterocycles. The molecule has 1 fully saturated rings. The third kappa shape index (κ3) is 5.10. The minimum atomic E-state index is -3.53. The first-order valence-corrected chi connectivity index (χ1v) is 12.7. The summed E-state index contributed by atoms with van der Waals surface area (Å²) in [5.74, 6) is 0.991. The summed E-state index contributed by atoms with van der Waals surface area (Å²) in [5.41, 5.74) is 1.56. The van der Waals surface area contributed by atoms with Gasteiger partial charge in [0, 0.05) is 52.1 Å². The van der Waals surface area contributed by atoms with Gasteiger partial charge in [0.2, 0.25) is 15.9 Å². The lowest BCUT2D eigenvalue weighted by molar-refractivity contribution is -0.131. The Morgan fingerprint density at radius 2 is 1.84 bits per heavy atom. The zero-order chi connectivity index (χ0) is 22.6. The number of likely N-dealkylation sites (N-methyl/N-ethyl adjacent to an activating group) is 1. The van der Waals surface area contributed by atoms with E-state index in [0.29, 0.717) is 31.4 Å². The van der Waals surface area contributed by atoms with E-state index in [1.807, 2.05) is 31.7 Å². The van der Waals surface area contributed by atoms with E-state index >= 15 is 0 Å². The fourth-order valence-corrected chi connectivity index (χ4v) is 5.73. The molecule has 9 heteroatoms. The number of fused-ring (bicyclic) bond motifs is 1. The van der Waals surface area contributed by atoms with Gasteiger partial charge < -0.3 is 14.4 Å². The van der Waals surface area contributed by atoms with Gasteiger partial charge in [-0.05, 0) is 45.1 Å². The predicted octanol–water partition coefficient (Wildman–Crippen LogP) is 2.18. The molecule has 1 aromatic carbocycles. The first kappa shape index (κ1) is 23.7. The van der Waals surface area contributed by atoms with E-state index in [1.54, 1.807) is 12.1 Å². The van der Waals surface area contributed by atoms with E-state index in [9.17, 15) is 13.2 Å². The van der Waals surface area contributed by atoms with E-state index in [4.69, 9.17) is 4.98 Å². The number of aromatic nitrogens is 2. The van der Waals surface area contributed by atoms with Crippen molar-refractivity contribution < 1.29 is 13.2 Å². The Labute approximate surface area is 185 Å². The molecule has 8 nitrogen and oxygen atoms in total. The van der Waals surface area contributed by atoms with Crippen molar-refractivity contribution >= 4 is 27.0 Å². The molecule has 1 aromatic heterocycles. The number of benzene rings is 1. The summed E-state index contributed by atoms with van der Waals surface area (Å²) < 4.78 is 29.3. The minimum Gasteiger partial charge on any atom is -0.341 e. The third-order valence-corrected chi connectivity index (χ3v) is 8.14. The Bertz CT molecular complexity index is 1010. The summed E-state index contributed by atoms with van der Waals surface area (Å²) in [6.07, 6.45) is 1.96. The predicted molar refractivity (Wildman–Crippen MR) is 123 cm³/mol. The quantitative estimate of drug-likeness (QED) is 0.617. The molecule has 2 heterocycles. The van der Waals surface area contributed by atoms with Gasteiger partial charge in [0.15, 0.2) is 0 Å². The summed E-state index contributed by atoms with van der Waals surface area (Å²) in [6, 6.07) is 5.15. The Hall–Kier alpha value is -1.97. The Kier molecular flexibility index (Phi) is 7.72. The summed E-state index contributed by atoms with van der Waals surface area (Å²) >= 11 is 0. The second-order valence-corrected chi connectivity index (χ2v) is 9.99. The molecule has 0 atom stereocenters. The van der Waals surface area contributed by atoms with Crippen molar-refractivity contribution in [2.24, 2.45) is 0 Å². The maximum atomic E-state index is 12.9. The van der Waals surface area contributed by atoms with Crippen molar-refractivity contribution in [2.75, 3.05) is 46.3 Å². The highest BCUT2D eigenvalue weighted by molar-refractivity contribution is 7.89. The van der Waals surface area contributed by atoms with Crippen molar-refractivity contribution in [1.29, 1.82) is 0 Å². The second-order valence-electron chi connectivity index (χ2n) is 8.05. The molecule has 2 aromatic rings. The molecular weight excluding hydrogens is 414 g/mol. The standard InChI is InChI=1S/C22H35N5O3S/c1-5-26(6-2)31(29,30)18-9-10-20-19(17-18)23-21(27(20)7-3)11-12-22(28)25-14-8-13-24(4)15-16-25/h9-10,17H,5-8,11-16H2,1-4H3. The lowest BCUT2D eigenvalue weighted by atomic mass is 10.2. The van der Waals surface area contributed by atoms with Crippen LogP contribution in [0.5, 0.6) is 0 Å². The normalized spacial score (nSPS) is 16.2. The van der Waals surface area contributed by atoms with E-state index in [1.165, 1.54) is 4.31 Å². The number of hydrogen-bond acceptors (Lipinski definition) is 5. The van der Waals surface area contributed by atoms with Gasteiger partial charge in [-0.25, -0.2) is 13.4 Å². The SMILES string of the molecule is CCN(CC)S(=O)(=O)c1ccc2c(c1)nc(CCC(=O)N1CCCN(C)CC1)n2CC. The van der Waals surface area contributed by atoms with E-state index in [0.717, 1.165) is 50.5 Å². The molecule has 31 heavy (non-hydrogen) atoms. The molecule has 1 aliphatic rings. The lowest BCUT2D eigenvalue weighted by Crippen LogP contribution is -2.34. The smallest absolute Gasteiger partial charge is 0.243 e. The molecule has 0 saturated carbocycles. The van der Waals surface area contributed by atoms with Crippen LogP contribution in [0.1, 0.15) is 39.4 Å². The number of carbonyl (C=O) groups excluding carboxylic acids is 1. The van der Waals surface area contributed by atoms with E-state index in [-0.39, 0.29) is 10.8 Å². The maximum Gasteiger partial charge on any atom is 0.243 e. The Morgan fingerprint density at radius 3 is 2.52 bits per heavy atom. The van der Waals surface area contributed by atoms with Crippen LogP contribution >= 0.6 is 0 Å². The van der Waals surface area contributed by atoms with Gasteiger partial charge in [-0.15, -0.1) is 0 Å². The van der Waals surface area contributed by atoms with Gasteiger partial charge in [0.25, 0.3) is 0 Å². The van der Waals surface area contributed by atoms with Crippen LogP contribution in [0.2, 0.25) is 0 Å². The van der Waals surface area contributed by atoms with Crippen LogP contribution in [0.4, 0.5) is 0 Å². The van der Waals surface area contributed by atoms with Crippen molar-refractivity contribution in [1.82, 2.24) is 23.7 Å². The van der Waals surface area contributed by atoms with Gasteiger partial charge >= 0.3 is 0 Å². The number of carbonyl (C=O) groups is 1. The van der Waals surface area contributed by atoms with Crippen molar-refractivity contribution in [2.45, 2.75) is 51.5 Å². The molecule has 0 bridgehead atoms. The van der Waals surface area contributed by atoms with Gasteiger partial charge in [0.05, 0.1) is 15.9 Å². The number of rotatable bonds is 8. The Morgan fingerprint density at radius 1 is 1.10 bits per heavy atom. The Balaban J connectivity index is 1.80. The summed E-state index contributed by atoms with van der Waals surface area (Å²) in [7, 11) is -1.44. The maximum absolute atomic E-state index is 12.9. The molecule has 0 unspecified atom stereocenters. The highest BCUT2D eigenvalue weighted by Crippen LogP contribution is 2.23. The molecule has 0 aliphatic carbocycles. The number of hydrogen-bond donors (Lipinski definition) is 0. The highest BCUT2D eigenvalue weighted by Gasteiger charge is 2.23. The molecule has 1 amide bonds. The molecule has 0 radical (unpaired) electrons. The van der Waals surface area contributed by atoms with Crippen molar-refractivity contribution in [3.05, 3.63) is 24.0 Å². The lowest BCUT2D eigenvalue weighted by Gasteiger charge is -2.20. The van der Waals surface area contributed by atoms with Gasteiger partial charge in [-0.1, -0.05) is 13.8 Å². The average molecular weight is 450 g/mol. The molecule has 0 spiro atoms. The third-order valence-electron chi connectivity index (χ3n) is 6.09. The van der Waals surface area contributed by atoms with Crippen LogP contribution in [0.3, 0.4) is 0 Å². The number of nitrogens with zero attached hydrogens (tertiary/aromatic N) is 5. The van der Waals surface area contributed by atoms with Crippen LogP contribution in [0.15, 0.2) is 23.1 Å².